The molecule has 0 aliphatic carbocycles. The zero-order valence-corrected chi connectivity index (χ0v) is 10.0. The molecule has 0 saturated heterocycles. The molecule has 1 heteroatoms. The molecule has 3 rings (SSSR count). The number of hydrogen-bond donors (Lipinski definition) is 0. The van der Waals surface area contributed by atoms with E-state index in [1.807, 2.05) is 0 Å². The van der Waals surface area contributed by atoms with E-state index in [1.54, 1.807) is 10.4 Å². The van der Waals surface area contributed by atoms with Crippen LogP contribution in [0.1, 0.15) is 5.56 Å². The van der Waals surface area contributed by atoms with Crippen molar-refractivity contribution in [2.45, 2.75) is 13.5 Å². The second-order valence-electron chi connectivity index (χ2n) is 4.22. The van der Waals surface area contributed by atoms with E-state index >= 15 is 0 Å². The molecule has 0 saturated carbocycles. The molecular weight excluding hydrogens is 196 g/mol. The van der Waals surface area contributed by atoms with Crippen LogP contribution >= 0.6 is 0 Å². The molecule has 0 bridgehead atoms. The first kappa shape index (κ1) is 8.92. The molecule has 0 N–H and O–H groups in total. The SMILES string of the molecule is Cc1ccc2c(c1)[Si+](C)c1ccccc1-2. The van der Waals surface area contributed by atoms with Crippen LogP contribution in [-0.4, -0.2) is 8.80 Å². The molecule has 0 atom stereocenters. The monoisotopic (exact) mass is 209 g/mol. The lowest BCUT2D eigenvalue weighted by Crippen LogP contribution is -2.34. The smallest absolute Gasteiger partial charge is 0.0614 e. The van der Waals surface area contributed by atoms with Gasteiger partial charge in [-0.3, -0.25) is 0 Å². The van der Waals surface area contributed by atoms with Gasteiger partial charge in [-0.05, 0) is 24.6 Å². The van der Waals surface area contributed by atoms with Gasteiger partial charge in [0.05, 0.1) is 6.55 Å². The minimum atomic E-state index is -0.493. The number of hydrogen-bond acceptors (Lipinski definition) is 0. The van der Waals surface area contributed by atoms with Crippen LogP contribution in [0.5, 0.6) is 0 Å². The van der Waals surface area contributed by atoms with Crippen LogP contribution in [0.3, 0.4) is 0 Å². The molecule has 2 aromatic rings. The van der Waals surface area contributed by atoms with Gasteiger partial charge in [-0.2, -0.15) is 0 Å². The molecule has 0 fully saturated rings. The van der Waals surface area contributed by atoms with E-state index in [4.69, 9.17) is 0 Å². The van der Waals surface area contributed by atoms with Crippen molar-refractivity contribution in [2.24, 2.45) is 0 Å². The van der Waals surface area contributed by atoms with Crippen LogP contribution in [0.25, 0.3) is 11.1 Å². The predicted molar refractivity (Wildman–Crippen MR) is 67.5 cm³/mol. The molecule has 0 nitrogen and oxygen atoms in total. The van der Waals surface area contributed by atoms with Crippen LogP contribution in [-0.2, 0) is 0 Å². The first-order valence-corrected chi connectivity index (χ1v) is 7.32. The summed E-state index contributed by atoms with van der Waals surface area (Å²) in [6.07, 6.45) is 0. The third-order valence-corrected chi connectivity index (χ3v) is 5.67. The van der Waals surface area contributed by atoms with Crippen molar-refractivity contribution < 1.29 is 0 Å². The van der Waals surface area contributed by atoms with Crippen molar-refractivity contribution in [2.75, 3.05) is 0 Å². The Morgan fingerprint density at radius 1 is 0.867 bits per heavy atom. The summed E-state index contributed by atoms with van der Waals surface area (Å²) in [6.45, 7) is 4.58. The van der Waals surface area contributed by atoms with E-state index in [9.17, 15) is 0 Å². The Balaban J connectivity index is 2.32. The van der Waals surface area contributed by atoms with E-state index in [0.717, 1.165) is 0 Å². The summed E-state index contributed by atoms with van der Waals surface area (Å²) in [5.41, 5.74) is 4.31. The Kier molecular flexibility index (Phi) is 1.83. The van der Waals surface area contributed by atoms with Crippen LogP contribution in [0.2, 0.25) is 6.55 Å². The van der Waals surface area contributed by atoms with Gasteiger partial charge in [-0.1, -0.05) is 30.3 Å². The number of fused-ring (bicyclic) bond motifs is 3. The van der Waals surface area contributed by atoms with Gasteiger partial charge in [0, 0.05) is 11.1 Å². The fourth-order valence-electron chi connectivity index (χ4n) is 2.39. The highest BCUT2D eigenvalue weighted by Gasteiger charge is 2.39. The highest BCUT2D eigenvalue weighted by atomic mass is 28.3. The van der Waals surface area contributed by atoms with Gasteiger partial charge in [0.25, 0.3) is 0 Å². The summed E-state index contributed by atoms with van der Waals surface area (Å²) in [7, 11) is -0.493. The van der Waals surface area contributed by atoms with Gasteiger partial charge in [0.2, 0.25) is 0 Å². The van der Waals surface area contributed by atoms with Gasteiger partial charge >= 0.3 is 8.80 Å². The molecule has 72 valence electrons. The summed E-state index contributed by atoms with van der Waals surface area (Å²) in [4.78, 5) is 0. The lowest BCUT2D eigenvalue weighted by Gasteiger charge is -1.96. The number of benzene rings is 2. The molecule has 0 unspecified atom stereocenters. The average molecular weight is 209 g/mol. The Hall–Kier alpha value is -1.34. The molecule has 1 heterocycles. The van der Waals surface area contributed by atoms with Crippen molar-refractivity contribution in [3.8, 4) is 11.1 Å². The maximum absolute atomic E-state index is 2.40. The van der Waals surface area contributed by atoms with Gasteiger partial charge in [-0.25, -0.2) is 0 Å². The molecule has 15 heavy (non-hydrogen) atoms. The topological polar surface area (TPSA) is 0 Å². The summed E-state index contributed by atoms with van der Waals surface area (Å²) in [5.74, 6) is 0. The summed E-state index contributed by atoms with van der Waals surface area (Å²) < 4.78 is 0. The molecule has 2 aromatic carbocycles. The first-order valence-electron chi connectivity index (χ1n) is 5.32. The van der Waals surface area contributed by atoms with E-state index < -0.39 is 8.80 Å². The third kappa shape index (κ3) is 1.20. The van der Waals surface area contributed by atoms with E-state index in [0.29, 0.717) is 0 Å². The van der Waals surface area contributed by atoms with E-state index in [-0.39, 0.29) is 0 Å². The molecule has 0 aromatic heterocycles. The van der Waals surface area contributed by atoms with Crippen molar-refractivity contribution in [3.05, 3.63) is 48.0 Å². The Morgan fingerprint density at radius 2 is 1.60 bits per heavy atom. The summed E-state index contributed by atoms with van der Waals surface area (Å²) in [6, 6.07) is 15.7. The van der Waals surface area contributed by atoms with Crippen LogP contribution in [0.15, 0.2) is 42.5 Å². The third-order valence-electron chi connectivity index (χ3n) is 3.20. The van der Waals surface area contributed by atoms with Gasteiger partial charge in [-0.15, -0.1) is 0 Å². The minimum absolute atomic E-state index is 0.493. The van der Waals surface area contributed by atoms with Gasteiger partial charge < -0.3 is 0 Å². The number of aryl methyl sites for hydroxylation is 1. The predicted octanol–water partition coefficient (Wildman–Crippen LogP) is 2.21. The second kappa shape index (κ2) is 3.07. The minimum Gasteiger partial charge on any atom is -0.0614 e. The Morgan fingerprint density at radius 3 is 2.47 bits per heavy atom. The lowest BCUT2D eigenvalue weighted by atomic mass is 10.0. The fourth-order valence-corrected chi connectivity index (χ4v) is 4.72. The van der Waals surface area contributed by atoms with Gasteiger partial charge in [0.15, 0.2) is 0 Å². The lowest BCUT2D eigenvalue weighted by molar-refractivity contribution is 1.49. The van der Waals surface area contributed by atoms with Crippen molar-refractivity contribution >= 4 is 19.2 Å². The maximum Gasteiger partial charge on any atom is 0.388 e. The van der Waals surface area contributed by atoms with E-state index in [1.165, 1.54) is 16.7 Å². The van der Waals surface area contributed by atoms with Crippen LogP contribution < -0.4 is 10.4 Å². The maximum atomic E-state index is 2.40. The first-order chi connectivity index (χ1) is 7.27. The molecule has 0 amide bonds. The number of rotatable bonds is 0. The van der Waals surface area contributed by atoms with Crippen molar-refractivity contribution in [3.63, 3.8) is 0 Å². The summed E-state index contributed by atoms with van der Waals surface area (Å²) in [5, 5.41) is 3.16. The fraction of sp³-hybridized carbons (Fsp3) is 0.143. The standard InChI is InChI=1S/C14H13Si/c1-10-7-8-12-11-5-3-4-6-13(11)15(2)14(12)9-10/h3-9H,1-2H3/q+1. The molecule has 0 spiro atoms. The van der Waals surface area contributed by atoms with Crippen molar-refractivity contribution in [1.82, 2.24) is 0 Å². The van der Waals surface area contributed by atoms with Crippen molar-refractivity contribution in [1.29, 1.82) is 0 Å². The van der Waals surface area contributed by atoms with Crippen LogP contribution in [0.4, 0.5) is 0 Å². The summed E-state index contributed by atoms with van der Waals surface area (Å²) >= 11 is 0. The highest BCUT2D eigenvalue weighted by Crippen LogP contribution is 2.22. The zero-order chi connectivity index (χ0) is 10.4. The molecule has 1 aliphatic rings. The Labute approximate surface area is 92.2 Å². The normalized spacial score (nSPS) is 12.5. The highest BCUT2D eigenvalue weighted by molar-refractivity contribution is 6.88. The average Bonchev–Trinajstić information content (AvgIpc) is 2.54. The quantitative estimate of drug-likeness (QED) is 0.584. The Bertz CT molecular complexity index is 529. The second-order valence-corrected chi connectivity index (χ2v) is 6.55. The largest absolute Gasteiger partial charge is 0.388 e. The molecular formula is C14H13Si+. The zero-order valence-electron chi connectivity index (χ0n) is 9.04. The molecule has 1 aliphatic heterocycles. The molecule has 0 radical (unpaired) electrons. The van der Waals surface area contributed by atoms with E-state index in [2.05, 4.69) is 55.9 Å². The van der Waals surface area contributed by atoms with Gasteiger partial charge in [0.1, 0.15) is 10.4 Å². The van der Waals surface area contributed by atoms with Crippen LogP contribution in [0, 0.1) is 6.92 Å².